The van der Waals surface area contributed by atoms with E-state index in [0.29, 0.717) is 0 Å². The molecule has 3 heteroatoms. The molecule has 88 valence electrons. The van der Waals surface area contributed by atoms with Gasteiger partial charge in [-0.25, -0.2) is 5.90 Å². The highest BCUT2D eigenvalue weighted by Crippen LogP contribution is 2.24. The van der Waals surface area contributed by atoms with Crippen molar-refractivity contribution in [3.05, 3.63) is 60.2 Å². The number of ether oxygens (including phenoxy) is 1. The molecular formula is C14H15NO2. The van der Waals surface area contributed by atoms with Crippen molar-refractivity contribution in [2.75, 3.05) is 0 Å². The summed E-state index contributed by atoms with van der Waals surface area (Å²) in [5.41, 5.74) is 0.987. The van der Waals surface area contributed by atoms with Gasteiger partial charge in [-0.15, -0.1) is 0 Å². The second kappa shape index (κ2) is 5.48. The molecule has 0 aliphatic rings. The normalized spacial score (nSPS) is 12.1. The highest BCUT2D eigenvalue weighted by molar-refractivity contribution is 5.34. The Kier molecular flexibility index (Phi) is 3.75. The maximum Gasteiger partial charge on any atom is 0.127 e. The summed E-state index contributed by atoms with van der Waals surface area (Å²) < 4.78 is 5.72. The van der Waals surface area contributed by atoms with Gasteiger partial charge in [0, 0.05) is 0 Å². The fraction of sp³-hybridized carbons (Fsp3) is 0.143. The first-order valence-corrected chi connectivity index (χ1v) is 5.48. The Hall–Kier alpha value is -1.84. The van der Waals surface area contributed by atoms with Crippen LogP contribution in [0.3, 0.4) is 0 Å². The van der Waals surface area contributed by atoms with E-state index in [1.54, 1.807) is 0 Å². The molecule has 0 aromatic heterocycles. The molecule has 2 aromatic rings. The fourth-order valence-corrected chi connectivity index (χ4v) is 1.53. The number of benzene rings is 2. The average Bonchev–Trinajstić information content (AvgIpc) is 2.39. The zero-order chi connectivity index (χ0) is 12.1. The van der Waals surface area contributed by atoms with Gasteiger partial charge < -0.3 is 4.74 Å². The molecule has 1 unspecified atom stereocenters. The third kappa shape index (κ3) is 3.06. The van der Waals surface area contributed by atoms with Crippen LogP contribution in [-0.2, 0) is 4.84 Å². The Morgan fingerprint density at radius 1 is 0.941 bits per heavy atom. The van der Waals surface area contributed by atoms with Crippen LogP contribution < -0.4 is 10.6 Å². The van der Waals surface area contributed by atoms with Crippen molar-refractivity contribution in [2.24, 2.45) is 5.90 Å². The van der Waals surface area contributed by atoms with Crippen LogP contribution in [0.2, 0.25) is 0 Å². The number of nitrogens with two attached hydrogens (primary N) is 1. The summed E-state index contributed by atoms with van der Waals surface area (Å²) in [6.45, 7) is 1.89. The summed E-state index contributed by atoms with van der Waals surface area (Å²) in [6, 6.07) is 17.3. The zero-order valence-corrected chi connectivity index (χ0v) is 9.67. The maximum absolute atomic E-state index is 5.72. The third-order valence-corrected chi connectivity index (χ3v) is 2.51. The van der Waals surface area contributed by atoms with Gasteiger partial charge in [-0.2, -0.15) is 0 Å². The minimum absolute atomic E-state index is 0.144. The molecule has 1 atom stereocenters. The molecule has 0 radical (unpaired) electrons. The van der Waals surface area contributed by atoms with E-state index in [9.17, 15) is 0 Å². The molecule has 0 amide bonds. The Morgan fingerprint density at radius 3 is 2.35 bits per heavy atom. The van der Waals surface area contributed by atoms with Gasteiger partial charge in [-0.1, -0.05) is 30.3 Å². The Bertz CT molecular complexity index is 471. The van der Waals surface area contributed by atoms with Crippen molar-refractivity contribution in [1.82, 2.24) is 0 Å². The van der Waals surface area contributed by atoms with Crippen LogP contribution in [0.1, 0.15) is 18.6 Å². The third-order valence-electron chi connectivity index (χ3n) is 2.51. The van der Waals surface area contributed by atoms with E-state index in [4.69, 9.17) is 15.5 Å². The molecule has 2 N–H and O–H groups in total. The van der Waals surface area contributed by atoms with Crippen molar-refractivity contribution in [2.45, 2.75) is 13.0 Å². The first-order valence-electron chi connectivity index (χ1n) is 5.48. The summed E-state index contributed by atoms with van der Waals surface area (Å²) in [5, 5.41) is 0. The van der Waals surface area contributed by atoms with E-state index in [2.05, 4.69) is 0 Å². The van der Waals surface area contributed by atoms with E-state index in [0.717, 1.165) is 17.1 Å². The lowest BCUT2D eigenvalue weighted by Crippen LogP contribution is -2.05. The monoisotopic (exact) mass is 229 g/mol. The molecule has 2 aromatic carbocycles. The van der Waals surface area contributed by atoms with Gasteiger partial charge in [-0.3, -0.25) is 4.84 Å². The highest BCUT2D eigenvalue weighted by atomic mass is 16.6. The number of hydrogen-bond donors (Lipinski definition) is 1. The fourth-order valence-electron chi connectivity index (χ4n) is 1.53. The van der Waals surface area contributed by atoms with Crippen LogP contribution in [0, 0.1) is 0 Å². The van der Waals surface area contributed by atoms with Crippen LogP contribution >= 0.6 is 0 Å². The van der Waals surface area contributed by atoms with Crippen LogP contribution in [0.25, 0.3) is 0 Å². The molecule has 3 nitrogen and oxygen atoms in total. The molecule has 0 aliphatic carbocycles. The van der Waals surface area contributed by atoms with Crippen molar-refractivity contribution >= 4 is 0 Å². The highest BCUT2D eigenvalue weighted by Gasteiger charge is 2.05. The van der Waals surface area contributed by atoms with Gasteiger partial charge in [0.25, 0.3) is 0 Å². The van der Waals surface area contributed by atoms with Crippen LogP contribution in [-0.4, -0.2) is 0 Å². The number of para-hydroxylation sites is 1. The topological polar surface area (TPSA) is 44.5 Å². The molecule has 0 fully saturated rings. The second-order valence-electron chi connectivity index (χ2n) is 3.77. The summed E-state index contributed by atoms with van der Waals surface area (Å²) in [7, 11) is 0. The molecular weight excluding hydrogens is 214 g/mol. The van der Waals surface area contributed by atoms with Crippen molar-refractivity contribution in [3.8, 4) is 11.5 Å². The van der Waals surface area contributed by atoms with Gasteiger partial charge in [0.15, 0.2) is 0 Å². The number of hydrogen-bond acceptors (Lipinski definition) is 3. The molecule has 0 bridgehead atoms. The van der Waals surface area contributed by atoms with Gasteiger partial charge in [0.1, 0.15) is 17.6 Å². The molecule has 0 saturated carbocycles. The SMILES string of the molecule is CC(ON)c1cccc(Oc2ccccc2)c1. The van der Waals surface area contributed by atoms with Crippen molar-refractivity contribution in [1.29, 1.82) is 0 Å². The molecule has 0 saturated heterocycles. The van der Waals surface area contributed by atoms with E-state index in [-0.39, 0.29) is 6.10 Å². The van der Waals surface area contributed by atoms with Crippen LogP contribution in [0.4, 0.5) is 0 Å². The Balaban J connectivity index is 2.17. The number of rotatable bonds is 4. The summed E-state index contributed by atoms with van der Waals surface area (Å²) in [5.74, 6) is 6.75. The lowest BCUT2D eigenvalue weighted by atomic mass is 10.1. The molecule has 0 aliphatic heterocycles. The molecule has 0 spiro atoms. The second-order valence-corrected chi connectivity index (χ2v) is 3.77. The van der Waals surface area contributed by atoms with Gasteiger partial charge in [0.05, 0.1) is 0 Å². The maximum atomic E-state index is 5.72. The largest absolute Gasteiger partial charge is 0.457 e. The minimum Gasteiger partial charge on any atom is -0.457 e. The van der Waals surface area contributed by atoms with E-state index < -0.39 is 0 Å². The first-order chi connectivity index (χ1) is 8.29. The summed E-state index contributed by atoms with van der Waals surface area (Å²) in [6.07, 6.45) is -0.144. The molecule has 0 heterocycles. The molecule has 2 rings (SSSR count). The lowest BCUT2D eigenvalue weighted by molar-refractivity contribution is 0.0663. The predicted molar refractivity (Wildman–Crippen MR) is 66.6 cm³/mol. The van der Waals surface area contributed by atoms with E-state index >= 15 is 0 Å². The van der Waals surface area contributed by atoms with Crippen molar-refractivity contribution in [3.63, 3.8) is 0 Å². The van der Waals surface area contributed by atoms with Crippen molar-refractivity contribution < 1.29 is 9.57 Å². The van der Waals surface area contributed by atoms with E-state index in [1.807, 2.05) is 61.5 Å². The smallest absolute Gasteiger partial charge is 0.127 e. The summed E-state index contributed by atoms with van der Waals surface area (Å²) in [4.78, 5) is 4.79. The quantitative estimate of drug-likeness (QED) is 0.817. The average molecular weight is 229 g/mol. The van der Waals surface area contributed by atoms with Gasteiger partial charge in [-0.05, 0) is 36.8 Å². The molecule has 17 heavy (non-hydrogen) atoms. The Morgan fingerprint density at radius 2 is 1.65 bits per heavy atom. The van der Waals surface area contributed by atoms with Gasteiger partial charge >= 0.3 is 0 Å². The lowest BCUT2D eigenvalue weighted by Gasteiger charge is -2.11. The zero-order valence-electron chi connectivity index (χ0n) is 9.67. The van der Waals surface area contributed by atoms with Crippen LogP contribution in [0.5, 0.6) is 11.5 Å². The summed E-state index contributed by atoms with van der Waals surface area (Å²) >= 11 is 0. The first kappa shape index (κ1) is 11.6. The minimum atomic E-state index is -0.144. The van der Waals surface area contributed by atoms with Crippen LogP contribution in [0.15, 0.2) is 54.6 Å². The Labute approximate surface area is 101 Å². The standard InChI is InChI=1S/C14H15NO2/c1-11(17-15)12-6-5-9-14(10-12)16-13-7-3-2-4-8-13/h2-11H,15H2,1H3. The predicted octanol–water partition coefficient (Wildman–Crippen LogP) is 3.43. The van der Waals surface area contributed by atoms with E-state index in [1.165, 1.54) is 0 Å². The van der Waals surface area contributed by atoms with Gasteiger partial charge in [0.2, 0.25) is 0 Å².